The first-order valence-corrected chi connectivity index (χ1v) is 11.3. The molecule has 2 aliphatic heterocycles. The van der Waals surface area contributed by atoms with Crippen molar-refractivity contribution >= 4 is 9.84 Å². The fraction of sp³-hybridized carbons (Fsp3) is 0.364. The molecule has 2 aromatic carbocycles. The van der Waals surface area contributed by atoms with E-state index in [2.05, 4.69) is 6.58 Å². The Balaban J connectivity index is 1.97. The van der Waals surface area contributed by atoms with Crippen molar-refractivity contribution in [3.05, 3.63) is 71.8 Å². The molecule has 1 unspecified atom stereocenters. The van der Waals surface area contributed by atoms with E-state index in [1.807, 2.05) is 0 Å². The van der Waals surface area contributed by atoms with E-state index < -0.39 is 66.2 Å². The van der Waals surface area contributed by atoms with Crippen LogP contribution in [0.1, 0.15) is 24.0 Å². The second-order valence-corrected chi connectivity index (χ2v) is 9.96. The Morgan fingerprint density at radius 3 is 2.38 bits per heavy atom. The number of benzene rings is 2. The lowest BCUT2D eigenvalue weighted by Crippen LogP contribution is -2.57. The van der Waals surface area contributed by atoms with Crippen molar-refractivity contribution in [3.8, 4) is 5.75 Å². The van der Waals surface area contributed by atoms with Crippen LogP contribution >= 0.6 is 0 Å². The number of ether oxygens (including phenoxy) is 2. The van der Waals surface area contributed by atoms with Gasteiger partial charge in [0, 0.05) is 12.5 Å². The molecule has 32 heavy (non-hydrogen) atoms. The summed E-state index contributed by atoms with van der Waals surface area (Å²) in [6.07, 6.45) is -3.85. The van der Waals surface area contributed by atoms with Crippen LogP contribution in [0.3, 0.4) is 0 Å². The fourth-order valence-electron chi connectivity index (χ4n) is 4.66. The van der Waals surface area contributed by atoms with Gasteiger partial charge in [0.25, 0.3) is 0 Å². The molecule has 1 fully saturated rings. The molecule has 3 atom stereocenters. The SMILES string of the molecule is C=CC[C@@H]1OCC[C@@]2(S(=O)(=O)c3ccc(C(F)(F)F)cc3)c3c(F)ccc(F)c3OCC12. The summed E-state index contributed by atoms with van der Waals surface area (Å²) in [6.45, 7) is 3.28. The van der Waals surface area contributed by atoms with E-state index in [1.54, 1.807) is 0 Å². The second-order valence-electron chi connectivity index (χ2n) is 7.75. The van der Waals surface area contributed by atoms with Crippen molar-refractivity contribution in [1.29, 1.82) is 0 Å². The average Bonchev–Trinajstić information content (AvgIpc) is 2.75. The predicted octanol–water partition coefficient (Wildman–Crippen LogP) is 5.03. The van der Waals surface area contributed by atoms with Gasteiger partial charge >= 0.3 is 6.18 Å². The zero-order valence-corrected chi connectivity index (χ0v) is 17.5. The maximum atomic E-state index is 15.1. The first-order chi connectivity index (χ1) is 15.0. The normalized spacial score (nSPS) is 25.4. The lowest BCUT2D eigenvalue weighted by atomic mass is 9.75. The van der Waals surface area contributed by atoms with Crippen LogP contribution < -0.4 is 4.74 Å². The molecule has 172 valence electrons. The predicted molar refractivity (Wildman–Crippen MR) is 105 cm³/mol. The molecule has 1 saturated heterocycles. The van der Waals surface area contributed by atoms with Gasteiger partial charge in [-0.1, -0.05) is 6.08 Å². The minimum Gasteiger partial charge on any atom is -0.490 e. The van der Waals surface area contributed by atoms with Gasteiger partial charge in [0.2, 0.25) is 0 Å². The van der Waals surface area contributed by atoms with Gasteiger partial charge in [-0.25, -0.2) is 17.2 Å². The molecular weight excluding hydrogens is 455 g/mol. The standard InChI is InChI=1S/C22H19F5O4S/c1-2-3-18-15-12-31-20-17(24)9-8-16(23)19(20)21(15,10-11-30-18)32(28,29)14-6-4-13(5-7-14)22(25,26)27/h2,4-9,15,18H,1,3,10-12H2/t15?,18-,21-/m0/s1. The summed E-state index contributed by atoms with van der Waals surface area (Å²) in [5, 5.41) is 0. The van der Waals surface area contributed by atoms with E-state index in [9.17, 15) is 26.0 Å². The van der Waals surface area contributed by atoms with Gasteiger partial charge in [0.1, 0.15) is 10.6 Å². The first-order valence-electron chi connectivity index (χ1n) is 9.79. The highest BCUT2D eigenvalue weighted by molar-refractivity contribution is 7.92. The van der Waals surface area contributed by atoms with Gasteiger partial charge in [0.05, 0.1) is 28.7 Å². The van der Waals surface area contributed by atoms with Gasteiger partial charge in [-0.2, -0.15) is 13.2 Å². The lowest BCUT2D eigenvalue weighted by molar-refractivity contribution is -0.137. The third-order valence-electron chi connectivity index (χ3n) is 6.11. The van der Waals surface area contributed by atoms with Crippen molar-refractivity contribution in [3.63, 3.8) is 0 Å². The minimum absolute atomic E-state index is 0.0791. The Labute approximate surface area is 181 Å². The third-order valence-corrected chi connectivity index (χ3v) is 8.68. The van der Waals surface area contributed by atoms with Gasteiger partial charge in [-0.3, -0.25) is 0 Å². The van der Waals surface area contributed by atoms with Crippen molar-refractivity contribution in [1.82, 2.24) is 0 Å². The molecule has 0 bridgehead atoms. The molecule has 0 aliphatic carbocycles. The molecule has 0 spiro atoms. The largest absolute Gasteiger partial charge is 0.490 e. The monoisotopic (exact) mass is 474 g/mol. The van der Waals surface area contributed by atoms with Crippen LogP contribution in [-0.2, 0) is 25.5 Å². The molecule has 4 nitrogen and oxygen atoms in total. The molecule has 2 aliphatic rings. The lowest BCUT2D eigenvalue weighted by Gasteiger charge is -2.50. The number of hydrogen-bond acceptors (Lipinski definition) is 4. The smallest absolute Gasteiger partial charge is 0.416 e. The summed E-state index contributed by atoms with van der Waals surface area (Å²) >= 11 is 0. The van der Waals surface area contributed by atoms with Crippen LogP contribution in [0.2, 0.25) is 0 Å². The number of rotatable bonds is 4. The number of sulfone groups is 1. The van der Waals surface area contributed by atoms with E-state index in [0.29, 0.717) is 12.1 Å². The van der Waals surface area contributed by atoms with Crippen LogP contribution in [0, 0.1) is 17.6 Å². The van der Waals surface area contributed by atoms with Gasteiger partial charge in [-0.05, 0) is 49.2 Å². The van der Waals surface area contributed by atoms with Crippen molar-refractivity contribution < 1.29 is 39.8 Å². The average molecular weight is 474 g/mol. The van der Waals surface area contributed by atoms with E-state index in [4.69, 9.17) is 9.47 Å². The first kappa shape index (κ1) is 22.7. The molecular formula is C22H19F5O4S. The van der Waals surface area contributed by atoms with Crippen molar-refractivity contribution in [2.75, 3.05) is 13.2 Å². The molecule has 0 N–H and O–H groups in total. The highest BCUT2D eigenvalue weighted by atomic mass is 32.2. The number of alkyl halides is 3. The molecule has 4 rings (SSSR count). The quantitative estimate of drug-likeness (QED) is 0.461. The van der Waals surface area contributed by atoms with Crippen molar-refractivity contribution in [2.45, 2.75) is 34.8 Å². The topological polar surface area (TPSA) is 52.6 Å². The minimum atomic E-state index is -4.66. The van der Waals surface area contributed by atoms with E-state index >= 15 is 4.39 Å². The molecule has 0 radical (unpaired) electrons. The van der Waals surface area contributed by atoms with Crippen LogP contribution in [-0.4, -0.2) is 27.7 Å². The second kappa shape index (κ2) is 7.84. The zero-order valence-electron chi connectivity index (χ0n) is 16.7. The Kier molecular flexibility index (Phi) is 5.57. The summed E-state index contributed by atoms with van der Waals surface area (Å²) in [7, 11) is -4.52. The van der Waals surface area contributed by atoms with E-state index in [0.717, 1.165) is 24.3 Å². The molecule has 0 aromatic heterocycles. The van der Waals surface area contributed by atoms with Gasteiger partial charge in [-0.15, -0.1) is 6.58 Å². The Hall–Kier alpha value is -2.46. The van der Waals surface area contributed by atoms with Crippen molar-refractivity contribution in [2.24, 2.45) is 5.92 Å². The van der Waals surface area contributed by atoms with Crippen LogP contribution in [0.15, 0.2) is 53.9 Å². The fourth-order valence-corrected chi connectivity index (χ4v) is 7.00. The number of halogens is 5. The van der Waals surface area contributed by atoms with E-state index in [-0.39, 0.29) is 26.1 Å². The van der Waals surface area contributed by atoms with Gasteiger partial charge in [0.15, 0.2) is 21.4 Å². The van der Waals surface area contributed by atoms with E-state index in [1.165, 1.54) is 6.08 Å². The maximum absolute atomic E-state index is 15.1. The summed E-state index contributed by atoms with van der Waals surface area (Å²) in [5.74, 6) is -3.34. The van der Waals surface area contributed by atoms with Crippen LogP contribution in [0.4, 0.5) is 22.0 Å². The third kappa shape index (κ3) is 3.31. The molecule has 0 saturated carbocycles. The molecule has 10 heteroatoms. The molecule has 2 aromatic rings. The number of hydrogen-bond donors (Lipinski definition) is 0. The highest BCUT2D eigenvalue weighted by Crippen LogP contribution is 2.56. The van der Waals surface area contributed by atoms with Crippen LogP contribution in [0.25, 0.3) is 0 Å². The summed E-state index contributed by atoms with van der Waals surface area (Å²) in [4.78, 5) is -0.425. The summed E-state index contributed by atoms with van der Waals surface area (Å²) in [5.41, 5.74) is -1.47. The number of fused-ring (bicyclic) bond motifs is 3. The van der Waals surface area contributed by atoms with Crippen LogP contribution in [0.5, 0.6) is 5.75 Å². The summed E-state index contributed by atoms with van der Waals surface area (Å²) < 4.78 is 106. The Bertz CT molecular complexity index is 1140. The van der Waals surface area contributed by atoms with Gasteiger partial charge < -0.3 is 9.47 Å². The zero-order chi connectivity index (χ0) is 23.3. The molecule has 0 amide bonds. The maximum Gasteiger partial charge on any atom is 0.416 e. The summed E-state index contributed by atoms with van der Waals surface area (Å²) in [6, 6.07) is 4.65. The highest BCUT2D eigenvalue weighted by Gasteiger charge is 2.61. The Morgan fingerprint density at radius 2 is 1.75 bits per heavy atom. The Morgan fingerprint density at radius 1 is 1.09 bits per heavy atom. The molecule has 2 heterocycles.